The number of carbonyl (C=O) groups excluding carboxylic acids is 2. The summed E-state index contributed by atoms with van der Waals surface area (Å²) in [4.78, 5) is 28.5. The molecule has 0 aromatic carbocycles. The Morgan fingerprint density at radius 2 is 2.05 bits per heavy atom. The summed E-state index contributed by atoms with van der Waals surface area (Å²) < 4.78 is 9.74. The third-order valence-corrected chi connectivity index (χ3v) is 3.66. The first-order valence-corrected chi connectivity index (χ1v) is 7.69. The van der Waals surface area contributed by atoms with Gasteiger partial charge in [0, 0.05) is 4.88 Å². The van der Waals surface area contributed by atoms with E-state index in [1.807, 2.05) is 13.8 Å². The van der Waals surface area contributed by atoms with Crippen LogP contribution < -0.4 is 5.32 Å². The van der Waals surface area contributed by atoms with Crippen LogP contribution in [-0.2, 0) is 14.3 Å². The summed E-state index contributed by atoms with van der Waals surface area (Å²) in [7, 11) is 1.36. The van der Waals surface area contributed by atoms with Crippen molar-refractivity contribution in [3.63, 3.8) is 0 Å². The highest BCUT2D eigenvalue weighted by atomic mass is 32.1. The molecule has 0 saturated heterocycles. The van der Waals surface area contributed by atoms with Crippen molar-refractivity contribution < 1.29 is 19.1 Å². The predicted molar refractivity (Wildman–Crippen MR) is 81.7 cm³/mol. The average Bonchev–Trinajstić information content (AvgIpc) is 2.77. The van der Waals surface area contributed by atoms with Crippen LogP contribution in [0.2, 0.25) is 0 Å². The van der Waals surface area contributed by atoms with Crippen LogP contribution in [-0.4, -0.2) is 36.7 Å². The molecule has 0 fully saturated rings. The van der Waals surface area contributed by atoms with Gasteiger partial charge >= 0.3 is 11.9 Å². The first kappa shape index (κ1) is 17.4. The van der Waals surface area contributed by atoms with Crippen LogP contribution in [0.25, 0.3) is 0 Å². The fourth-order valence-electron chi connectivity index (χ4n) is 1.82. The van der Waals surface area contributed by atoms with E-state index in [9.17, 15) is 9.59 Å². The van der Waals surface area contributed by atoms with Gasteiger partial charge in [-0.3, -0.25) is 0 Å². The molecule has 0 amide bonds. The highest BCUT2D eigenvalue weighted by molar-refractivity contribution is 7.15. The molecule has 1 unspecified atom stereocenters. The third-order valence-electron chi connectivity index (χ3n) is 2.76. The number of nitrogens with zero attached hydrogens (tertiary/aromatic N) is 1. The first-order chi connectivity index (χ1) is 9.88. The number of aryl methyl sites for hydroxylation is 1. The number of anilines is 1. The van der Waals surface area contributed by atoms with Gasteiger partial charge in [-0.1, -0.05) is 13.8 Å². The van der Waals surface area contributed by atoms with E-state index in [1.54, 1.807) is 13.8 Å². The second kappa shape index (κ2) is 7.97. The van der Waals surface area contributed by atoms with Crippen LogP contribution in [0.15, 0.2) is 0 Å². The minimum absolute atomic E-state index is 0.289. The molecule has 0 aliphatic carbocycles. The van der Waals surface area contributed by atoms with Gasteiger partial charge in [-0.05, 0) is 26.2 Å². The van der Waals surface area contributed by atoms with Crippen molar-refractivity contribution in [3.8, 4) is 0 Å². The summed E-state index contributed by atoms with van der Waals surface area (Å²) in [5.74, 6) is -0.459. The molecule has 1 atom stereocenters. The SMILES string of the molecule is CCOC(=O)c1nc(NC(CC(C)C)C(=O)OC)sc1C. The Bertz CT molecular complexity index is 499. The van der Waals surface area contributed by atoms with Crippen molar-refractivity contribution in [2.24, 2.45) is 5.92 Å². The van der Waals surface area contributed by atoms with Gasteiger partial charge in [0.25, 0.3) is 0 Å². The first-order valence-electron chi connectivity index (χ1n) is 6.87. The summed E-state index contributed by atoms with van der Waals surface area (Å²) in [6.45, 7) is 7.89. The standard InChI is InChI=1S/C14H22N2O4S/c1-6-20-13(18)11-9(4)21-14(16-11)15-10(7-8(2)3)12(17)19-5/h8,10H,6-7H2,1-5H3,(H,15,16). The number of nitrogens with one attached hydrogen (secondary N) is 1. The third kappa shape index (κ3) is 5.00. The van der Waals surface area contributed by atoms with Crippen molar-refractivity contribution in [2.75, 3.05) is 19.0 Å². The molecule has 0 spiro atoms. The van der Waals surface area contributed by atoms with E-state index in [-0.39, 0.29) is 11.7 Å². The molecule has 21 heavy (non-hydrogen) atoms. The number of methoxy groups -OCH3 is 1. The van der Waals surface area contributed by atoms with E-state index in [2.05, 4.69) is 10.3 Å². The summed E-state index contributed by atoms with van der Waals surface area (Å²) in [6.07, 6.45) is 0.625. The number of hydrogen-bond acceptors (Lipinski definition) is 7. The van der Waals surface area contributed by atoms with Crippen molar-refractivity contribution in [3.05, 3.63) is 10.6 Å². The van der Waals surface area contributed by atoms with Gasteiger partial charge in [0.2, 0.25) is 0 Å². The Balaban J connectivity index is 2.87. The quantitative estimate of drug-likeness (QED) is 0.780. The molecule has 1 heterocycles. The number of ether oxygens (including phenoxy) is 2. The number of thiazole rings is 1. The smallest absolute Gasteiger partial charge is 0.358 e. The molecule has 0 saturated carbocycles. The maximum atomic E-state index is 11.8. The van der Waals surface area contributed by atoms with E-state index >= 15 is 0 Å². The minimum atomic E-state index is -0.476. The number of aromatic nitrogens is 1. The normalized spacial score (nSPS) is 12.1. The molecule has 0 bridgehead atoms. The van der Waals surface area contributed by atoms with E-state index < -0.39 is 12.0 Å². The lowest BCUT2D eigenvalue weighted by atomic mass is 10.0. The molecule has 6 nitrogen and oxygen atoms in total. The predicted octanol–water partition coefficient (Wildman–Crippen LogP) is 2.63. The van der Waals surface area contributed by atoms with Gasteiger partial charge in [-0.2, -0.15) is 0 Å². The summed E-state index contributed by atoms with van der Waals surface area (Å²) in [6, 6.07) is -0.476. The fourth-order valence-corrected chi connectivity index (χ4v) is 2.68. The largest absolute Gasteiger partial charge is 0.467 e. The van der Waals surface area contributed by atoms with Crippen LogP contribution in [0, 0.1) is 12.8 Å². The average molecular weight is 314 g/mol. The van der Waals surface area contributed by atoms with Crippen LogP contribution in [0.3, 0.4) is 0 Å². The zero-order chi connectivity index (χ0) is 16.0. The molecule has 1 rings (SSSR count). The van der Waals surface area contributed by atoms with Crippen molar-refractivity contribution in [1.29, 1.82) is 0 Å². The van der Waals surface area contributed by atoms with E-state index in [0.717, 1.165) is 4.88 Å². The highest BCUT2D eigenvalue weighted by Crippen LogP contribution is 2.24. The molecular weight excluding hydrogens is 292 g/mol. The topological polar surface area (TPSA) is 77.5 Å². The lowest BCUT2D eigenvalue weighted by Crippen LogP contribution is -2.32. The lowest BCUT2D eigenvalue weighted by Gasteiger charge is -2.17. The highest BCUT2D eigenvalue weighted by Gasteiger charge is 2.23. The molecule has 118 valence electrons. The maximum Gasteiger partial charge on any atom is 0.358 e. The van der Waals surface area contributed by atoms with E-state index in [0.29, 0.717) is 24.1 Å². The van der Waals surface area contributed by atoms with Crippen molar-refractivity contribution >= 4 is 28.4 Å². The monoisotopic (exact) mass is 314 g/mol. The van der Waals surface area contributed by atoms with Gasteiger partial charge in [-0.25, -0.2) is 14.6 Å². The molecule has 0 aliphatic rings. The Labute approximate surface area is 128 Å². The minimum Gasteiger partial charge on any atom is -0.467 e. The Hall–Kier alpha value is -1.63. The molecule has 1 aromatic rings. The second-order valence-electron chi connectivity index (χ2n) is 4.99. The number of hydrogen-bond donors (Lipinski definition) is 1. The van der Waals surface area contributed by atoms with Crippen LogP contribution in [0.4, 0.5) is 5.13 Å². The molecule has 1 aromatic heterocycles. The number of esters is 2. The van der Waals surface area contributed by atoms with E-state index in [4.69, 9.17) is 9.47 Å². The van der Waals surface area contributed by atoms with Gasteiger partial charge in [0.15, 0.2) is 10.8 Å². The Morgan fingerprint density at radius 3 is 2.57 bits per heavy atom. The van der Waals surface area contributed by atoms with Gasteiger partial charge in [0.1, 0.15) is 6.04 Å². The number of carbonyl (C=O) groups is 2. The lowest BCUT2D eigenvalue weighted by molar-refractivity contribution is -0.141. The molecular formula is C14H22N2O4S. The van der Waals surface area contributed by atoms with Crippen molar-refractivity contribution in [2.45, 2.75) is 40.2 Å². The van der Waals surface area contributed by atoms with Crippen LogP contribution >= 0.6 is 11.3 Å². The van der Waals surface area contributed by atoms with Crippen LogP contribution in [0.1, 0.15) is 42.6 Å². The molecule has 7 heteroatoms. The fraction of sp³-hybridized carbons (Fsp3) is 0.643. The number of rotatable bonds is 7. The van der Waals surface area contributed by atoms with E-state index in [1.165, 1.54) is 18.4 Å². The van der Waals surface area contributed by atoms with Gasteiger partial charge in [0.05, 0.1) is 13.7 Å². The molecule has 0 aliphatic heterocycles. The Morgan fingerprint density at radius 1 is 1.38 bits per heavy atom. The summed E-state index contributed by atoms with van der Waals surface area (Å²) in [5, 5.41) is 3.56. The Kier molecular flexibility index (Phi) is 6.61. The summed E-state index contributed by atoms with van der Waals surface area (Å²) in [5.41, 5.74) is 0.289. The zero-order valence-corrected chi connectivity index (χ0v) is 13.9. The van der Waals surface area contributed by atoms with Crippen LogP contribution in [0.5, 0.6) is 0 Å². The molecule has 1 N–H and O–H groups in total. The van der Waals surface area contributed by atoms with Gasteiger partial charge < -0.3 is 14.8 Å². The summed E-state index contributed by atoms with van der Waals surface area (Å²) >= 11 is 1.32. The van der Waals surface area contributed by atoms with Gasteiger partial charge in [-0.15, -0.1) is 11.3 Å². The molecule has 0 radical (unpaired) electrons. The zero-order valence-electron chi connectivity index (χ0n) is 13.1. The maximum absolute atomic E-state index is 11.8. The van der Waals surface area contributed by atoms with Crippen molar-refractivity contribution in [1.82, 2.24) is 4.98 Å². The second-order valence-corrected chi connectivity index (χ2v) is 6.20.